The van der Waals surface area contributed by atoms with E-state index in [1.807, 2.05) is 12.1 Å². The summed E-state index contributed by atoms with van der Waals surface area (Å²) in [6.45, 7) is 5.49. The van der Waals surface area contributed by atoms with Crippen molar-refractivity contribution in [1.29, 1.82) is 0 Å². The molecular weight excluding hydrogens is 442 g/mol. The van der Waals surface area contributed by atoms with Crippen molar-refractivity contribution in [3.63, 3.8) is 0 Å². The van der Waals surface area contributed by atoms with Gasteiger partial charge in [0.15, 0.2) is 0 Å². The van der Waals surface area contributed by atoms with E-state index in [-0.39, 0.29) is 17.5 Å². The average molecular weight is 472 g/mol. The van der Waals surface area contributed by atoms with Crippen LogP contribution in [0.1, 0.15) is 43.7 Å². The molecule has 1 aromatic heterocycles. The Morgan fingerprint density at radius 2 is 2.00 bits per heavy atom. The molecule has 0 N–H and O–H groups in total. The molecular formula is C23H29N5O4S. The van der Waals surface area contributed by atoms with Crippen LogP contribution in [0.3, 0.4) is 0 Å². The first-order chi connectivity index (χ1) is 15.9. The van der Waals surface area contributed by atoms with Crippen molar-refractivity contribution in [3.05, 3.63) is 59.9 Å². The van der Waals surface area contributed by atoms with Gasteiger partial charge in [0, 0.05) is 25.8 Å². The van der Waals surface area contributed by atoms with Gasteiger partial charge in [-0.1, -0.05) is 38.1 Å². The van der Waals surface area contributed by atoms with E-state index >= 15 is 0 Å². The van der Waals surface area contributed by atoms with Crippen molar-refractivity contribution in [2.75, 3.05) is 20.3 Å². The van der Waals surface area contributed by atoms with Crippen molar-refractivity contribution < 1.29 is 17.9 Å². The van der Waals surface area contributed by atoms with Gasteiger partial charge >= 0.3 is 0 Å². The molecule has 1 aliphatic rings. The Morgan fingerprint density at radius 1 is 1.21 bits per heavy atom. The van der Waals surface area contributed by atoms with Crippen LogP contribution >= 0.6 is 0 Å². The third-order valence-corrected chi connectivity index (χ3v) is 7.63. The summed E-state index contributed by atoms with van der Waals surface area (Å²) in [6.07, 6.45) is 3.10. The van der Waals surface area contributed by atoms with Crippen molar-refractivity contribution >= 4 is 10.0 Å². The molecule has 176 valence electrons. The number of ether oxygens (including phenoxy) is 2. The number of rotatable bonds is 9. The Morgan fingerprint density at radius 3 is 2.61 bits per heavy atom. The Kier molecular flexibility index (Phi) is 7.06. The number of hydrogen-bond acceptors (Lipinski definition) is 7. The van der Waals surface area contributed by atoms with E-state index in [1.165, 1.54) is 34.1 Å². The minimum absolute atomic E-state index is 0.114. The Hall–Kier alpha value is -2.82. The van der Waals surface area contributed by atoms with E-state index in [9.17, 15) is 8.42 Å². The third kappa shape index (κ3) is 5.23. The Balaban J connectivity index is 1.66. The van der Waals surface area contributed by atoms with E-state index in [4.69, 9.17) is 9.47 Å². The molecule has 0 aliphatic carbocycles. The fraction of sp³-hybridized carbons (Fsp3) is 0.435. The number of hydrogen-bond donors (Lipinski definition) is 0. The first kappa shape index (κ1) is 23.3. The maximum atomic E-state index is 13.7. The number of benzene rings is 2. The first-order valence-corrected chi connectivity index (χ1v) is 12.4. The average Bonchev–Trinajstić information content (AvgIpc) is 3.53. The second kappa shape index (κ2) is 9.98. The normalized spacial score (nSPS) is 16.6. The van der Waals surface area contributed by atoms with Crippen molar-refractivity contribution in [2.24, 2.45) is 0 Å². The Bertz CT molecular complexity index is 1160. The van der Waals surface area contributed by atoms with Gasteiger partial charge in [-0.05, 0) is 52.4 Å². The summed E-state index contributed by atoms with van der Waals surface area (Å²) in [5, 5.41) is 11.1. The van der Waals surface area contributed by atoms with E-state index in [2.05, 4.69) is 41.5 Å². The summed E-state index contributed by atoms with van der Waals surface area (Å²) in [6, 6.07) is 12.8. The number of aromatic nitrogens is 4. The van der Waals surface area contributed by atoms with Crippen LogP contribution in [-0.4, -0.2) is 59.3 Å². The number of methoxy groups -OCH3 is 1. The molecule has 0 unspecified atom stereocenters. The summed E-state index contributed by atoms with van der Waals surface area (Å²) in [7, 11) is -2.33. The van der Waals surface area contributed by atoms with Crippen LogP contribution in [0.15, 0.2) is 53.7 Å². The highest BCUT2D eigenvalue weighted by molar-refractivity contribution is 7.89. The number of tetrazole rings is 1. The molecule has 0 amide bonds. The molecule has 0 radical (unpaired) electrons. The van der Waals surface area contributed by atoms with Crippen LogP contribution in [0.2, 0.25) is 0 Å². The highest BCUT2D eigenvalue weighted by Gasteiger charge is 2.30. The second-order valence-corrected chi connectivity index (χ2v) is 10.4. The van der Waals surface area contributed by atoms with E-state index in [0.717, 1.165) is 18.4 Å². The minimum atomic E-state index is -3.82. The lowest BCUT2D eigenvalue weighted by Gasteiger charge is -2.25. The maximum Gasteiger partial charge on any atom is 0.243 e. The summed E-state index contributed by atoms with van der Waals surface area (Å²) >= 11 is 0. The predicted molar refractivity (Wildman–Crippen MR) is 123 cm³/mol. The first-order valence-electron chi connectivity index (χ1n) is 11.0. The largest absolute Gasteiger partial charge is 0.494 e. The van der Waals surface area contributed by atoms with Gasteiger partial charge in [-0.3, -0.25) is 0 Å². The molecule has 0 saturated carbocycles. The minimum Gasteiger partial charge on any atom is -0.494 e. The molecule has 4 rings (SSSR count). The van der Waals surface area contributed by atoms with Crippen LogP contribution in [0.4, 0.5) is 0 Å². The van der Waals surface area contributed by atoms with E-state index in [1.54, 1.807) is 12.1 Å². The zero-order valence-corrected chi connectivity index (χ0v) is 19.9. The lowest BCUT2D eigenvalue weighted by molar-refractivity contribution is 0.0926. The fourth-order valence-corrected chi connectivity index (χ4v) is 5.38. The molecule has 2 heterocycles. The highest BCUT2D eigenvalue weighted by atomic mass is 32.2. The monoisotopic (exact) mass is 471 g/mol. The van der Waals surface area contributed by atoms with Gasteiger partial charge in [0.1, 0.15) is 17.8 Å². The van der Waals surface area contributed by atoms with Crippen LogP contribution in [0.25, 0.3) is 5.69 Å². The predicted octanol–water partition coefficient (Wildman–Crippen LogP) is 3.16. The molecule has 1 fully saturated rings. The molecule has 1 saturated heterocycles. The van der Waals surface area contributed by atoms with Gasteiger partial charge in [-0.25, -0.2) is 8.42 Å². The zero-order valence-electron chi connectivity index (χ0n) is 19.1. The zero-order chi connectivity index (χ0) is 23.4. The molecule has 9 nitrogen and oxygen atoms in total. The van der Waals surface area contributed by atoms with Crippen LogP contribution in [0.5, 0.6) is 5.75 Å². The van der Waals surface area contributed by atoms with E-state index in [0.29, 0.717) is 30.5 Å². The van der Waals surface area contributed by atoms with Gasteiger partial charge in [0.2, 0.25) is 10.0 Å². The number of sulfonamides is 1. The molecule has 0 bridgehead atoms. The molecule has 2 aromatic carbocycles. The lowest BCUT2D eigenvalue weighted by atomic mass is 10.0. The molecule has 1 aliphatic heterocycles. The summed E-state index contributed by atoms with van der Waals surface area (Å²) in [5.41, 5.74) is 2.70. The quantitative estimate of drug-likeness (QED) is 0.473. The van der Waals surface area contributed by atoms with Crippen molar-refractivity contribution in [1.82, 2.24) is 24.5 Å². The maximum absolute atomic E-state index is 13.7. The van der Waals surface area contributed by atoms with Crippen LogP contribution in [0, 0.1) is 0 Å². The van der Waals surface area contributed by atoms with Crippen molar-refractivity contribution in [2.45, 2.75) is 50.2 Å². The van der Waals surface area contributed by atoms with E-state index < -0.39 is 10.0 Å². The summed E-state index contributed by atoms with van der Waals surface area (Å²) in [5.74, 6) is 0.777. The Labute approximate surface area is 194 Å². The molecule has 3 aromatic rings. The van der Waals surface area contributed by atoms with Gasteiger partial charge in [0.25, 0.3) is 0 Å². The van der Waals surface area contributed by atoms with Crippen LogP contribution in [-0.2, 0) is 21.3 Å². The summed E-state index contributed by atoms with van der Waals surface area (Å²) in [4.78, 5) is 0.146. The van der Waals surface area contributed by atoms with Gasteiger partial charge in [-0.2, -0.15) is 8.99 Å². The molecule has 1 atom stereocenters. The standard InChI is InChI=1S/C23H29N5O4S/c1-17(2)19-8-6-18(7-9-19)14-27(15-20-5-4-12-32-20)33(29,30)21-10-11-22(23(13-21)31-3)28-16-24-25-26-28/h6-11,13,16-17,20H,4-5,12,14-15H2,1-3H3/t20-/m1/s1. The topological polar surface area (TPSA) is 99.4 Å². The fourth-order valence-electron chi connectivity index (χ4n) is 3.90. The molecule has 33 heavy (non-hydrogen) atoms. The van der Waals surface area contributed by atoms with Gasteiger partial charge in [0.05, 0.1) is 18.1 Å². The van der Waals surface area contributed by atoms with Gasteiger partial charge in [-0.15, -0.1) is 5.10 Å². The smallest absolute Gasteiger partial charge is 0.243 e. The van der Waals surface area contributed by atoms with Gasteiger partial charge < -0.3 is 9.47 Å². The molecule has 10 heteroatoms. The van der Waals surface area contributed by atoms with Crippen molar-refractivity contribution in [3.8, 4) is 11.4 Å². The highest BCUT2D eigenvalue weighted by Crippen LogP contribution is 2.29. The second-order valence-electron chi connectivity index (χ2n) is 8.42. The summed E-state index contributed by atoms with van der Waals surface area (Å²) < 4.78 is 41.6. The SMILES string of the molecule is COc1cc(S(=O)(=O)N(Cc2ccc(C(C)C)cc2)C[C@H]2CCCO2)ccc1-n1cnnn1. The third-order valence-electron chi connectivity index (χ3n) is 5.82. The van der Waals surface area contributed by atoms with Crippen LogP contribution < -0.4 is 4.74 Å². The number of nitrogens with zero attached hydrogens (tertiary/aromatic N) is 5. The lowest BCUT2D eigenvalue weighted by Crippen LogP contribution is -2.37. The molecule has 0 spiro atoms.